The van der Waals surface area contributed by atoms with Gasteiger partial charge in [-0.1, -0.05) is 25.7 Å². The molecule has 0 unspecified atom stereocenters. The van der Waals surface area contributed by atoms with Crippen LogP contribution in [-0.4, -0.2) is 59.5 Å². The van der Waals surface area contributed by atoms with Crippen molar-refractivity contribution >= 4 is 23.4 Å². The van der Waals surface area contributed by atoms with E-state index >= 15 is 0 Å². The van der Waals surface area contributed by atoms with Crippen molar-refractivity contribution in [3.05, 3.63) is 47.7 Å². The zero-order chi connectivity index (χ0) is 29.4. The Balaban J connectivity index is 1.45. The summed E-state index contributed by atoms with van der Waals surface area (Å²) in [4.78, 5) is 42.6. The molecule has 1 aliphatic heterocycles. The average Bonchev–Trinajstić information content (AvgIpc) is 3.59. The van der Waals surface area contributed by atoms with Crippen LogP contribution in [0, 0.1) is 11.3 Å². The van der Waals surface area contributed by atoms with Crippen LogP contribution in [0.5, 0.6) is 0 Å². The van der Waals surface area contributed by atoms with Gasteiger partial charge in [0.2, 0.25) is 5.91 Å². The molecule has 1 aliphatic carbocycles. The van der Waals surface area contributed by atoms with Crippen LogP contribution in [0.1, 0.15) is 79.7 Å². The lowest BCUT2D eigenvalue weighted by atomic mass is 9.79. The van der Waals surface area contributed by atoms with E-state index in [0.717, 1.165) is 38.5 Å². The molecule has 4 heterocycles. The Hall–Kier alpha value is -3.97. The zero-order valence-electron chi connectivity index (χ0n) is 22.5. The summed E-state index contributed by atoms with van der Waals surface area (Å²) in [5.74, 6) is -2.97. The first-order valence-corrected chi connectivity index (χ1v) is 13.8. The van der Waals surface area contributed by atoms with Gasteiger partial charge in [0, 0.05) is 19.2 Å². The molecule has 11 nitrogen and oxygen atoms in total. The van der Waals surface area contributed by atoms with Crippen LogP contribution in [0.15, 0.2) is 30.7 Å². The number of nitrogens with zero attached hydrogens (tertiary/aromatic N) is 5. The minimum atomic E-state index is -4.76. The Morgan fingerprint density at radius 3 is 2.59 bits per heavy atom. The van der Waals surface area contributed by atoms with Crippen molar-refractivity contribution in [3.8, 4) is 0 Å². The van der Waals surface area contributed by atoms with Crippen LogP contribution in [-0.2, 0) is 22.6 Å². The molecule has 0 aromatic carbocycles. The number of carbonyl (C=O) groups is 3. The van der Waals surface area contributed by atoms with E-state index in [-0.39, 0.29) is 17.4 Å². The van der Waals surface area contributed by atoms with Crippen molar-refractivity contribution < 1.29 is 32.7 Å². The van der Waals surface area contributed by atoms with Gasteiger partial charge in [-0.2, -0.15) is 23.4 Å². The highest BCUT2D eigenvalue weighted by Crippen LogP contribution is 2.40. The van der Waals surface area contributed by atoms with E-state index in [2.05, 4.69) is 15.5 Å². The van der Waals surface area contributed by atoms with Gasteiger partial charge in [-0.05, 0) is 49.8 Å². The second-order valence-corrected chi connectivity index (χ2v) is 10.9. The number of nitrogens with one attached hydrogen (secondary N) is 2. The monoisotopic (exact) mass is 575 g/mol. The van der Waals surface area contributed by atoms with Crippen molar-refractivity contribution in [2.75, 3.05) is 0 Å². The first kappa shape index (κ1) is 28.6. The molecular weight excluding hydrogens is 543 g/mol. The summed E-state index contributed by atoms with van der Waals surface area (Å²) in [5, 5.41) is 23.3. The number of carboxylic acid groups (broad SMARTS) is 1. The number of halogens is 3. The molecule has 3 atom stereocenters. The smallest absolute Gasteiger partial charge is 0.408 e. The predicted octanol–water partition coefficient (Wildman–Crippen LogP) is 3.45. The standard InChI is InChI=1S/C27H32F3N7O4/c1-2-36-19(9-10-31-36)23(38)35-22(17-7-5-3-4-6-8-17)18-15-37-21(33-18)11-16(14-32-37)12-26(25(40)41)13-20(27(28,29)30)34-24(26)39/h9-11,14-15,17,20,22H,2-8,12-13H2,1H3,(H,34,39)(H,35,38)(H,40,41)/t20-,22-,26-/m0/s1. The molecule has 220 valence electrons. The number of hydrogen-bond acceptors (Lipinski definition) is 6. The van der Waals surface area contributed by atoms with Crippen LogP contribution in [0.3, 0.4) is 0 Å². The van der Waals surface area contributed by atoms with Gasteiger partial charge in [0.25, 0.3) is 5.91 Å². The first-order valence-electron chi connectivity index (χ1n) is 13.8. The number of aliphatic carboxylic acids is 1. The number of rotatable bonds is 8. The Morgan fingerprint density at radius 2 is 1.95 bits per heavy atom. The van der Waals surface area contributed by atoms with Gasteiger partial charge in [-0.3, -0.25) is 19.1 Å². The summed E-state index contributed by atoms with van der Waals surface area (Å²) in [6, 6.07) is 0.507. The van der Waals surface area contributed by atoms with Crippen LogP contribution in [0.4, 0.5) is 13.2 Å². The highest BCUT2D eigenvalue weighted by atomic mass is 19.4. The molecule has 3 aromatic heterocycles. The summed E-state index contributed by atoms with van der Waals surface area (Å²) in [5.41, 5.74) is -0.691. The number of carboxylic acids is 1. The molecule has 2 aliphatic rings. The second-order valence-electron chi connectivity index (χ2n) is 10.9. The first-order chi connectivity index (χ1) is 19.5. The Morgan fingerprint density at radius 1 is 1.22 bits per heavy atom. The van der Waals surface area contributed by atoms with Crippen molar-refractivity contribution in [1.82, 2.24) is 35.0 Å². The van der Waals surface area contributed by atoms with Crippen molar-refractivity contribution in [1.29, 1.82) is 0 Å². The van der Waals surface area contributed by atoms with E-state index in [1.807, 2.05) is 6.92 Å². The molecule has 5 rings (SSSR count). The number of fused-ring (bicyclic) bond motifs is 1. The van der Waals surface area contributed by atoms with Crippen molar-refractivity contribution in [2.24, 2.45) is 11.3 Å². The number of amides is 2. The van der Waals surface area contributed by atoms with E-state index in [0.29, 0.717) is 23.6 Å². The van der Waals surface area contributed by atoms with E-state index in [1.165, 1.54) is 16.8 Å². The fourth-order valence-electron chi connectivity index (χ4n) is 6.00. The summed E-state index contributed by atoms with van der Waals surface area (Å²) in [6.07, 6.45) is 4.53. The maximum atomic E-state index is 13.3. The molecule has 41 heavy (non-hydrogen) atoms. The molecule has 0 spiro atoms. The lowest BCUT2D eigenvalue weighted by molar-refractivity contribution is -0.157. The van der Waals surface area contributed by atoms with E-state index < -0.39 is 48.4 Å². The molecule has 14 heteroatoms. The van der Waals surface area contributed by atoms with Gasteiger partial charge in [0.1, 0.15) is 11.7 Å². The third-order valence-corrected chi connectivity index (χ3v) is 8.22. The Kier molecular flexibility index (Phi) is 7.75. The van der Waals surface area contributed by atoms with Crippen LogP contribution in [0.2, 0.25) is 0 Å². The van der Waals surface area contributed by atoms with E-state index in [9.17, 15) is 32.7 Å². The third-order valence-electron chi connectivity index (χ3n) is 8.22. The Labute approximate surface area is 233 Å². The third kappa shape index (κ3) is 5.64. The molecule has 2 amide bonds. The fraction of sp³-hybridized carbons (Fsp3) is 0.556. The van der Waals surface area contributed by atoms with Gasteiger partial charge in [-0.25, -0.2) is 9.50 Å². The number of aryl methyl sites for hydroxylation is 1. The zero-order valence-corrected chi connectivity index (χ0v) is 22.5. The van der Waals surface area contributed by atoms with Gasteiger partial charge >= 0.3 is 12.1 Å². The summed E-state index contributed by atoms with van der Waals surface area (Å²) >= 11 is 0. The highest BCUT2D eigenvalue weighted by molar-refractivity contribution is 6.04. The summed E-state index contributed by atoms with van der Waals surface area (Å²) < 4.78 is 43.0. The van der Waals surface area contributed by atoms with Gasteiger partial charge < -0.3 is 15.7 Å². The lowest BCUT2D eigenvalue weighted by Crippen LogP contribution is -2.41. The molecule has 1 saturated heterocycles. The van der Waals surface area contributed by atoms with Crippen LogP contribution < -0.4 is 10.6 Å². The minimum Gasteiger partial charge on any atom is -0.480 e. The topological polar surface area (TPSA) is 144 Å². The maximum absolute atomic E-state index is 13.3. The number of carbonyl (C=O) groups excluding carboxylic acids is 2. The summed E-state index contributed by atoms with van der Waals surface area (Å²) in [7, 11) is 0. The van der Waals surface area contributed by atoms with Crippen molar-refractivity contribution in [2.45, 2.75) is 83.1 Å². The van der Waals surface area contributed by atoms with Gasteiger partial charge in [0.05, 0.1) is 24.1 Å². The minimum absolute atomic E-state index is 0.126. The van der Waals surface area contributed by atoms with Crippen molar-refractivity contribution in [3.63, 3.8) is 0 Å². The fourth-order valence-corrected chi connectivity index (χ4v) is 6.00. The summed E-state index contributed by atoms with van der Waals surface area (Å²) in [6.45, 7) is 2.43. The molecule has 0 radical (unpaired) electrons. The quantitative estimate of drug-likeness (QED) is 0.276. The molecule has 0 bridgehead atoms. The van der Waals surface area contributed by atoms with Gasteiger partial charge in [0.15, 0.2) is 11.1 Å². The largest absolute Gasteiger partial charge is 0.480 e. The number of alkyl halides is 3. The predicted molar refractivity (Wildman–Crippen MR) is 139 cm³/mol. The maximum Gasteiger partial charge on any atom is 0.408 e. The van der Waals surface area contributed by atoms with E-state index in [1.54, 1.807) is 28.5 Å². The van der Waals surface area contributed by atoms with Gasteiger partial charge in [-0.15, -0.1) is 0 Å². The number of aromatic nitrogens is 5. The number of hydrogen-bond donors (Lipinski definition) is 3. The number of imidazole rings is 1. The van der Waals surface area contributed by atoms with Crippen LogP contribution in [0.25, 0.3) is 5.65 Å². The second kappa shape index (κ2) is 11.1. The molecule has 2 fully saturated rings. The average molecular weight is 576 g/mol. The lowest BCUT2D eigenvalue weighted by Gasteiger charge is -2.26. The Bertz CT molecular complexity index is 1440. The van der Waals surface area contributed by atoms with E-state index in [4.69, 9.17) is 4.98 Å². The highest BCUT2D eigenvalue weighted by Gasteiger charge is 2.59. The molecular formula is C27H32F3N7O4. The molecule has 1 saturated carbocycles. The van der Waals surface area contributed by atoms with Crippen LogP contribution >= 0.6 is 0 Å². The molecule has 3 aromatic rings. The molecule has 3 N–H and O–H groups in total. The SMILES string of the molecule is CCn1nccc1C(=O)N[C@H](c1cn2ncc(C[C@]3(C(=O)O)C[C@@H](C(F)(F)F)NC3=O)cc2n1)C1CCCCCC1. The normalized spacial score (nSPS) is 22.8.